The molecule has 4 aromatic rings. The van der Waals surface area contributed by atoms with Crippen LogP contribution in [0.4, 0.5) is 15.8 Å². The zero-order valence-electron chi connectivity index (χ0n) is 23.2. The Labute approximate surface area is 243 Å². The van der Waals surface area contributed by atoms with Gasteiger partial charge >= 0.3 is 0 Å². The van der Waals surface area contributed by atoms with Crippen LogP contribution in [0.1, 0.15) is 49.8 Å². The molecule has 1 N–H and O–H groups in total. The van der Waals surface area contributed by atoms with Crippen LogP contribution in [0.5, 0.6) is 0 Å². The number of hydrogen-bond acceptors (Lipinski definition) is 5. The number of halogens is 1. The van der Waals surface area contributed by atoms with E-state index in [0.717, 1.165) is 33.8 Å². The molecular formula is C33H32FN3O3S. The number of aryl methyl sites for hydroxylation is 1. The Kier molecular flexibility index (Phi) is 7.69. The number of carbonyl (C=O) groups is 2. The number of hydrogen-bond donors (Lipinski definition) is 1. The Bertz CT molecular complexity index is 1590. The van der Waals surface area contributed by atoms with Crippen LogP contribution in [0.25, 0.3) is 10.4 Å². The van der Waals surface area contributed by atoms with Gasteiger partial charge in [-0.1, -0.05) is 36.4 Å². The molecule has 2 aromatic carbocycles. The molecule has 8 heteroatoms. The average molecular weight is 570 g/mol. The summed E-state index contributed by atoms with van der Waals surface area (Å²) in [4.78, 5) is 35.0. The lowest BCUT2D eigenvalue weighted by atomic mass is 9.98. The standard InChI is InChI=1S/C33H32FN3O3S/c1-20-7-5-10-26(34)30(20)36-32(38)29-18-22-15-16-37(28-12-4-3-9-25(28)31(22)41-29)33(39)27-11-6-8-24(35-27)17-23(19-40-2)21-13-14-21/h3-12,18,21,23H,13-17,19H2,1-2H3,(H,36,38). The predicted molar refractivity (Wildman–Crippen MR) is 160 cm³/mol. The maximum Gasteiger partial charge on any atom is 0.276 e. The molecule has 6 nitrogen and oxygen atoms in total. The fourth-order valence-electron chi connectivity index (χ4n) is 5.65. The van der Waals surface area contributed by atoms with Gasteiger partial charge in [0.2, 0.25) is 0 Å². The number of nitrogens with zero attached hydrogens (tertiary/aromatic N) is 2. The molecule has 1 atom stereocenters. The summed E-state index contributed by atoms with van der Waals surface area (Å²) in [5.41, 5.74) is 4.86. The first-order valence-corrected chi connectivity index (χ1v) is 14.8. The van der Waals surface area contributed by atoms with Crippen molar-refractivity contribution in [2.75, 3.05) is 30.5 Å². The monoisotopic (exact) mass is 569 g/mol. The van der Waals surface area contributed by atoms with Crippen LogP contribution in [0, 0.1) is 24.6 Å². The maximum absolute atomic E-state index is 14.4. The second kappa shape index (κ2) is 11.5. The van der Waals surface area contributed by atoms with Gasteiger partial charge in [-0.05, 0) is 85.9 Å². The van der Waals surface area contributed by atoms with E-state index < -0.39 is 5.82 Å². The van der Waals surface area contributed by atoms with E-state index in [0.29, 0.717) is 47.5 Å². The molecule has 1 aliphatic carbocycles. The minimum absolute atomic E-state index is 0.142. The highest BCUT2D eigenvalue weighted by molar-refractivity contribution is 7.17. The number of anilines is 2. The summed E-state index contributed by atoms with van der Waals surface area (Å²) in [5.74, 6) is 0.144. The van der Waals surface area contributed by atoms with Crippen molar-refractivity contribution in [2.24, 2.45) is 11.8 Å². The molecular weight excluding hydrogens is 537 g/mol. The number of thiophene rings is 1. The van der Waals surface area contributed by atoms with Crippen molar-refractivity contribution in [1.29, 1.82) is 0 Å². The first-order valence-electron chi connectivity index (χ1n) is 14.0. The number of nitrogens with one attached hydrogen (secondary N) is 1. The highest BCUT2D eigenvalue weighted by atomic mass is 32.1. The van der Waals surface area contributed by atoms with Gasteiger partial charge in [-0.2, -0.15) is 0 Å². The van der Waals surface area contributed by atoms with Crippen LogP contribution in [-0.4, -0.2) is 37.1 Å². The highest BCUT2D eigenvalue weighted by Crippen LogP contribution is 2.42. The highest BCUT2D eigenvalue weighted by Gasteiger charge is 2.32. The van der Waals surface area contributed by atoms with Gasteiger partial charge in [0.15, 0.2) is 0 Å². The molecule has 2 aromatic heterocycles. The number of pyridine rings is 1. The Morgan fingerprint density at radius 2 is 1.93 bits per heavy atom. The van der Waals surface area contributed by atoms with Gasteiger partial charge in [0.05, 0.1) is 16.3 Å². The van der Waals surface area contributed by atoms with Gasteiger partial charge in [0.1, 0.15) is 11.5 Å². The minimum atomic E-state index is -0.463. The lowest BCUT2D eigenvalue weighted by Crippen LogP contribution is -2.33. The number of aromatic nitrogens is 1. The number of fused-ring (bicyclic) bond motifs is 3. The predicted octanol–water partition coefficient (Wildman–Crippen LogP) is 6.93. The molecule has 0 spiro atoms. The van der Waals surface area contributed by atoms with E-state index in [4.69, 9.17) is 9.72 Å². The Morgan fingerprint density at radius 1 is 1.12 bits per heavy atom. The number of para-hydroxylation sites is 2. The van der Waals surface area contributed by atoms with Crippen molar-refractivity contribution in [2.45, 2.75) is 32.6 Å². The summed E-state index contributed by atoms with van der Waals surface area (Å²) in [5, 5.41) is 2.75. The van der Waals surface area contributed by atoms with E-state index in [2.05, 4.69) is 5.32 Å². The van der Waals surface area contributed by atoms with Crippen LogP contribution in [-0.2, 0) is 17.6 Å². The third-order valence-electron chi connectivity index (χ3n) is 7.95. The van der Waals surface area contributed by atoms with Gasteiger partial charge in [-0.25, -0.2) is 9.37 Å². The lowest BCUT2D eigenvalue weighted by molar-refractivity contribution is 0.0980. The van der Waals surface area contributed by atoms with E-state index >= 15 is 0 Å². The zero-order valence-corrected chi connectivity index (χ0v) is 24.0. The summed E-state index contributed by atoms with van der Waals surface area (Å²) < 4.78 is 19.8. The maximum atomic E-state index is 14.4. The zero-order chi connectivity index (χ0) is 28.5. The van der Waals surface area contributed by atoms with Crippen molar-refractivity contribution in [3.63, 3.8) is 0 Å². The number of carbonyl (C=O) groups excluding carboxylic acids is 2. The fraction of sp³-hybridized carbons (Fsp3) is 0.303. The first-order chi connectivity index (χ1) is 19.9. The number of benzene rings is 2. The molecule has 0 radical (unpaired) electrons. The Hall–Kier alpha value is -3.88. The second-order valence-electron chi connectivity index (χ2n) is 10.8. The molecule has 6 rings (SSSR count). The van der Waals surface area contributed by atoms with E-state index in [-0.39, 0.29) is 17.5 Å². The van der Waals surface area contributed by atoms with Gasteiger partial charge in [-0.15, -0.1) is 11.3 Å². The van der Waals surface area contributed by atoms with Crippen LogP contribution in [0.3, 0.4) is 0 Å². The molecule has 1 unspecified atom stereocenters. The Morgan fingerprint density at radius 3 is 2.71 bits per heavy atom. The van der Waals surface area contributed by atoms with Crippen molar-refractivity contribution in [1.82, 2.24) is 4.98 Å². The third kappa shape index (κ3) is 5.67. The summed E-state index contributed by atoms with van der Waals surface area (Å²) in [6.07, 6.45) is 3.83. The van der Waals surface area contributed by atoms with E-state index in [1.807, 2.05) is 42.5 Å². The molecule has 0 saturated heterocycles. The second-order valence-corrected chi connectivity index (χ2v) is 11.9. The van der Waals surface area contributed by atoms with E-state index in [1.54, 1.807) is 37.1 Å². The van der Waals surface area contributed by atoms with Crippen LogP contribution >= 0.6 is 11.3 Å². The van der Waals surface area contributed by atoms with Gasteiger partial charge < -0.3 is 15.0 Å². The molecule has 1 fully saturated rings. The first kappa shape index (κ1) is 27.3. The van der Waals surface area contributed by atoms with Crippen LogP contribution in [0.2, 0.25) is 0 Å². The molecule has 0 bridgehead atoms. The van der Waals surface area contributed by atoms with E-state index in [1.165, 1.54) is 30.2 Å². The molecule has 1 aliphatic heterocycles. The van der Waals surface area contributed by atoms with Crippen molar-refractivity contribution >= 4 is 34.5 Å². The smallest absolute Gasteiger partial charge is 0.276 e. The number of amides is 2. The van der Waals surface area contributed by atoms with Gasteiger partial charge in [-0.3, -0.25) is 9.59 Å². The molecule has 210 valence electrons. The Balaban J connectivity index is 1.26. The average Bonchev–Trinajstić information content (AvgIpc) is 3.76. The van der Waals surface area contributed by atoms with Crippen LogP contribution < -0.4 is 10.2 Å². The molecule has 2 aliphatic rings. The number of rotatable bonds is 8. The molecule has 41 heavy (non-hydrogen) atoms. The summed E-state index contributed by atoms with van der Waals surface area (Å²) in [6, 6.07) is 20.0. The topological polar surface area (TPSA) is 71.5 Å². The quantitative estimate of drug-likeness (QED) is 0.250. The number of ether oxygens (including phenoxy) is 1. The minimum Gasteiger partial charge on any atom is -0.384 e. The summed E-state index contributed by atoms with van der Waals surface area (Å²) in [6.45, 7) is 2.92. The summed E-state index contributed by atoms with van der Waals surface area (Å²) in [7, 11) is 1.73. The SMILES string of the molecule is COCC(Cc1cccc(C(=O)N2CCc3cc(C(=O)Nc4c(C)cccc4F)sc3-c3ccccc32)n1)C1CC1. The molecule has 2 amide bonds. The van der Waals surface area contributed by atoms with Crippen LogP contribution in [0.15, 0.2) is 66.7 Å². The lowest BCUT2D eigenvalue weighted by Gasteiger charge is -2.23. The van der Waals surface area contributed by atoms with Crippen molar-refractivity contribution in [3.05, 3.63) is 99.9 Å². The third-order valence-corrected chi connectivity index (χ3v) is 9.16. The van der Waals surface area contributed by atoms with Crippen molar-refractivity contribution < 1.29 is 18.7 Å². The molecule has 3 heterocycles. The van der Waals surface area contributed by atoms with Crippen molar-refractivity contribution in [3.8, 4) is 10.4 Å². The fourth-order valence-corrected chi connectivity index (χ4v) is 6.79. The molecule has 1 saturated carbocycles. The van der Waals surface area contributed by atoms with Gasteiger partial charge in [0, 0.05) is 36.4 Å². The normalized spacial score (nSPS) is 15.0. The van der Waals surface area contributed by atoms with E-state index in [9.17, 15) is 14.0 Å². The summed E-state index contributed by atoms with van der Waals surface area (Å²) >= 11 is 1.36. The largest absolute Gasteiger partial charge is 0.384 e. The number of methoxy groups -OCH3 is 1. The van der Waals surface area contributed by atoms with Gasteiger partial charge in [0.25, 0.3) is 11.8 Å².